The summed E-state index contributed by atoms with van der Waals surface area (Å²) in [5, 5.41) is 3.71. The lowest BCUT2D eigenvalue weighted by atomic mass is 9.62. The zero-order valence-corrected chi connectivity index (χ0v) is 18.9. The van der Waals surface area contributed by atoms with Crippen LogP contribution in [0.4, 0.5) is 0 Å². The van der Waals surface area contributed by atoms with Gasteiger partial charge < -0.3 is 4.52 Å². The van der Waals surface area contributed by atoms with Gasteiger partial charge in [-0.1, -0.05) is 69.2 Å². The standard InChI is InChI=1S/C27H32N2O/c1-18-14-22-23(26(4,5)11-10-25(22,2)3)16-21(18)27(12-13-27)20-8-6-19(7-9-20)15-24-28-17-29-30-24/h6-9,14,16-17H,10-13,15H2,1-5H3. The van der Waals surface area contributed by atoms with Crippen molar-refractivity contribution < 1.29 is 4.52 Å². The van der Waals surface area contributed by atoms with Gasteiger partial charge in [-0.05, 0) is 76.8 Å². The van der Waals surface area contributed by atoms with Crippen LogP contribution in [0.25, 0.3) is 0 Å². The highest BCUT2D eigenvalue weighted by Crippen LogP contribution is 2.56. The second kappa shape index (κ2) is 6.54. The molecule has 0 amide bonds. The van der Waals surface area contributed by atoms with Crippen LogP contribution in [-0.4, -0.2) is 10.1 Å². The molecule has 2 aliphatic rings. The fraction of sp³-hybridized carbons (Fsp3) is 0.481. The van der Waals surface area contributed by atoms with E-state index in [-0.39, 0.29) is 16.2 Å². The average Bonchev–Trinajstić information content (AvgIpc) is 3.35. The quantitative estimate of drug-likeness (QED) is 0.509. The van der Waals surface area contributed by atoms with Crippen molar-refractivity contribution in [3.05, 3.63) is 82.0 Å². The molecule has 0 saturated heterocycles. The molecule has 2 aromatic carbocycles. The molecule has 1 heterocycles. The minimum Gasteiger partial charge on any atom is -0.339 e. The number of benzene rings is 2. The highest BCUT2D eigenvalue weighted by atomic mass is 16.5. The Balaban J connectivity index is 1.52. The second-order valence-corrected chi connectivity index (χ2v) is 10.8. The van der Waals surface area contributed by atoms with E-state index >= 15 is 0 Å². The lowest BCUT2D eigenvalue weighted by Gasteiger charge is -2.43. The molecule has 0 aliphatic heterocycles. The molecule has 30 heavy (non-hydrogen) atoms. The van der Waals surface area contributed by atoms with Gasteiger partial charge in [-0.2, -0.15) is 4.98 Å². The Hall–Kier alpha value is -2.42. The fourth-order valence-corrected chi connectivity index (χ4v) is 5.47. The lowest BCUT2D eigenvalue weighted by Crippen LogP contribution is -2.34. The van der Waals surface area contributed by atoms with E-state index in [1.807, 2.05) is 0 Å². The molecule has 156 valence electrons. The molecule has 1 saturated carbocycles. The summed E-state index contributed by atoms with van der Waals surface area (Å²) in [4.78, 5) is 4.14. The molecule has 0 unspecified atom stereocenters. The van der Waals surface area contributed by atoms with E-state index in [1.165, 1.54) is 54.3 Å². The number of fused-ring (bicyclic) bond motifs is 1. The third kappa shape index (κ3) is 3.10. The molecule has 0 N–H and O–H groups in total. The number of hydrogen-bond donors (Lipinski definition) is 0. The average molecular weight is 401 g/mol. The van der Waals surface area contributed by atoms with E-state index in [2.05, 4.69) is 81.2 Å². The number of nitrogens with zero attached hydrogens (tertiary/aromatic N) is 2. The summed E-state index contributed by atoms with van der Waals surface area (Å²) < 4.78 is 5.16. The molecule has 0 atom stereocenters. The molecule has 3 heteroatoms. The van der Waals surface area contributed by atoms with Crippen molar-refractivity contribution in [3.63, 3.8) is 0 Å². The van der Waals surface area contributed by atoms with Crippen LogP contribution >= 0.6 is 0 Å². The van der Waals surface area contributed by atoms with E-state index < -0.39 is 0 Å². The Labute approximate surface area is 179 Å². The molecule has 0 spiro atoms. The van der Waals surface area contributed by atoms with Gasteiger partial charge in [-0.15, -0.1) is 0 Å². The summed E-state index contributed by atoms with van der Waals surface area (Å²) in [7, 11) is 0. The molecule has 2 aliphatic carbocycles. The van der Waals surface area contributed by atoms with Gasteiger partial charge in [0.1, 0.15) is 0 Å². The first kappa shape index (κ1) is 19.5. The van der Waals surface area contributed by atoms with Gasteiger partial charge in [0.15, 0.2) is 6.33 Å². The fourth-order valence-electron chi connectivity index (χ4n) is 5.47. The number of aryl methyl sites for hydroxylation is 1. The summed E-state index contributed by atoms with van der Waals surface area (Å²) in [6.45, 7) is 12.0. The first-order valence-corrected chi connectivity index (χ1v) is 11.2. The molecule has 1 aromatic heterocycles. The van der Waals surface area contributed by atoms with Crippen LogP contribution in [-0.2, 0) is 22.7 Å². The summed E-state index contributed by atoms with van der Waals surface area (Å²) >= 11 is 0. The van der Waals surface area contributed by atoms with Gasteiger partial charge in [0.2, 0.25) is 5.89 Å². The molecule has 5 rings (SSSR count). The normalized spacial score (nSPS) is 20.6. The van der Waals surface area contributed by atoms with Crippen LogP contribution in [0, 0.1) is 6.92 Å². The second-order valence-electron chi connectivity index (χ2n) is 10.8. The van der Waals surface area contributed by atoms with Gasteiger partial charge >= 0.3 is 0 Å². The van der Waals surface area contributed by atoms with Crippen LogP contribution in [0.5, 0.6) is 0 Å². The molecule has 3 nitrogen and oxygen atoms in total. The first-order valence-electron chi connectivity index (χ1n) is 11.2. The first-order chi connectivity index (χ1) is 14.2. The molecular formula is C27H32N2O. The van der Waals surface area contributed by atoms with Crippen molar-refractivity contribution in [2.45, 2.75) is 83.0 Å². The van der Waals surface area contributed by atoms with E-state index in [0.717, 1.165) is 0 Å². The molecule has 1 fully saturated rings. The molecule has 0 bridgehead atoms. The van der Waals surface area contributed by atoms with Crippen molar-refractivity contribution in [1.29, 1.82) is 0 Å². The van der Waals surface area contributed by atoms with Crippen LogP contribution in [0.2, 0.25) is 0 Å². The van der Waals surface area contributed by atoms with E-state index in [1.54, 1.807) is 11.1 Å². The largest absolute Gasteiger partial charge is 0.339 e. The monoisotopic (exact) mass is 400 g/mol. The van der Waals surface area contributed by atoms with E-state index in [4.69, 9.17) is 4.52 Å². The predicted molar refractivity (Wildman–Crippen MR) is 120 cm³/mol. The zero-order valence-electron chi connectivity index (χ0n) is 18.9. The highest BCUT2D eigenvalue weighted by molar-refractivity contribution is 5.55. The molecule has 3 aromatic rings. The summed E-state index contributed by atoms with van der Waals surface area (Å²) in [5.41, 5.74) is 9.46. The van der Waals surface area contributed by atoms with Crippen molar-refractivity contribution >= 4 is 0 Å². The maximum atomic E-state index is 5.16. The van der Waals surface area contributed by atoms with E-state index in [9.17, 15) is 0 Å². The molecular weight excluding hydrogens is 368 g/mol. The topological polar surface area (TPSA) is 38.9 Å². The Bertz CT molecular complexity index is 1070. The van der Waals surface area contributed by atoms with Gasteiger partial charge in [-0.25, -0.2) is 0 Å². The third-order valence-electron chi connectivity index (χ3n) is 7.73. The van der Waals surface area contributed by atoms with Crippen LogP contribution < -0.4 is 0 Å². The minimum atomic E-state index is 0.180. The van der Waals surface area contributed by atoms with Crippen molar-refractivity contribution in [1.82, 2.24) is 10.1 Å². The maximum Gasteiger partial charge on any atom is 0.230 e. The summed E-state index contributed by atoms with van der Waals surface area (Å²) in [6.07, 6.45) is 7.14. The van der Waals surface area contributed by atoms with E-state index in [0.29, 0.717) is 12.3 Å². The van der Waals surface area contributed by atoms with Crippen molar-refractivity contribution in [2.24, 2.45) is 0 Å². The van der Waals surface area contributed by atoms with Crippen LogP contribution in [0.3, 0.4) is 0 Å². The molecule has 0 radical (unpaired) electrons. The Morgan fingerprint density at radius 2 is 1.47 bits per heavy atom. The van der Waals surface area contributed by atoms with Crippen LogP contribution in [0.1, 0.15) is 92.6 Å². The number of rotatable bonds is 4. The zero-order chi connectivity index (χ0) is 21.1. The SMILES string of the molecule is Cc1cc2c(cc1C1(c3ccc(Cc4ncno4)cc3)CC1)C(C)(C)CCC2(C)C. The van der Waals surface area contributed by atoms with Gasteiger partial charge in [0, 0.05) is 5.41 Å². The lowest BCUT2D eigenvalue weighted by molar-refractivity contribution is 0.331. The summed E-state index contributed by atoms with van der Waals surface area (Å²) in [6, 6.07) is 14.2. The Morgan fingerprint density at radius 3 is 2.03 bits per heavy atom. The third-order valence-corrected chi connectivity index (χ3v) is 7.73. The predicted octanol–water partition coefficient (Wildman–Crippen LogP) is 6.40. The number of hydrogen-bond acceptors (Lipinski definition) is 3. The van der Waals surface area contributed by atoms with Crippen LogP contribution in [0.15, 0.2) is 47.2 Å². The summed E-state index contributed by atoms with van der Waals surface area (Å²) in [5.74, 6) is 0.666. The smallest absolute Gasteiger partial charge is 0.230 e. The Morgan fingerprint density at radius 1 is 0.833 bits per heavy atom. The van der Waals surface area contributed by atoms with Gasteiger partial charge in [-0.3, -0.25) is 0 Å². The van der Waals surface area contributed by atoms with Gasteiger partial charge in [0.25, 0.3) is 0 Å². The highest BCUT2D eigenvalue weighted by Gasteiger charge is 2.48. The van der Waals surface area contributed by atoms with Crippen molar-refractivity contribution in [2.75, 3.05) is 0 Å². The number of aromatic nitrogens is 2. The maximum absolute atomic E-state index is 5.16. The van der Waals surface area contributed by atoms with Gasteiger partial charge in [0.05, 0.1) is 6.42 Å². The van der Waals surface area contributed by atoms with Crippen molar-refractivity contribution in [3.8, 4) is 0 Å². The minimum absolute atomic E-state index is 0.180. The Kier molecular flexibility index (Phi) is 4.26.